The number of hydrogen-bond acceptors (Lipinski definition) is 2. The van der Waals surface area contributed by atoms with E-state index in [0.29, 0.717) is 6.54 Å². The van der Waals surface area contributed by atoms with Gasteiger partial charge in [0.2, 0.25) is 0 Å². The second-order valence-electron chi connectivity index (χ2n) is 5.55. The van der Waals surface area contributed by atoms with Crippen molar-refractivity contribution in [2.75, 3.05) is 6.54 Å². The van der Waals surface area contributed by atoms with E-state index in [1.54, 1.807) is 0 Å². The van der Waals surface area contributed by atoms with Crippen LogP contribution in [0.1, 0.15) is 50.2 Å². The van der Waals surface area contributed by atoms with Crippen molar-refractivity contribution in [2.24, 2.45) is 11.1 Å². The molecule has 1 atom stereocenters. The van der Waals surface area contributed by atoms with Crippen molar-refractivity contribution >= 4 is 0 Å². The molecule has 1 unspecified atom stereocenters. The van der Waals surface area contributed by atoms with Gasteiger partial charge in [-0.3, -0.25) is 0 Å². The second-order valence-corrected chi connectivity index (χ2v) is 5.55. The molecule has 19 heavy (non-hydrogen) atoms. The molecule has 1 aliphatic carbocycles. The minimum absolute atomic E-state index is 0.161. The van der Waals surface area contributed by atoms with E-state index in [1.165, 1.54) is 12.1 Å². The summed E-state index contributed by atoms with van der Waals surface area (Å²) in [7, 11) is 0. The molecule has 1 aliphatic rings. The van der Waals surface area contributed by atoms with Crippen LogP contribution in [0.15, 0.2) is 18.2 Å². The molecule has 0 heterocycles. The van der Waals surface area contributed by atoms with Crippen molar-refractivity contribution < 1.29 is 13.9 Å². The highest BCUT2D eigenvalue weighted by atomic mass is 19.1. The summed E-state index contributed by atoms with van der Waals surface area (Å²) >= 11 is 0. The lowest BCUT2D eigenvalue weighted by Gasteiger charge is -2.36. The molecule has 1 fully saturated rings. The van der Waals surface area contributed by atoms with Crippen LogP contribution in [0, 0.1) is 17.0 Å². The molecule has 106 valence electrons. The van der Waals surface area contributed by atoms with E-state index in [9.17, 15) is 13.9 Å². The van der Waals surface area contributed by atoms with Crippen molar-refractivity contribution in [3.05, 3.63) is 35.4 Å². The van der Waals surface area contributed by atoms with Crippen molar-refractivity contribution in [3.8, 4) is 0 Å². The Morgan fingerprint density at radius 1 is 1.16 bits per heavy atom. The van der Waals surface area contributed by atoms with Gasteiger partial charge in [0, 0.05) is 23.6 Å². The first kappa shape index (κ1) is 14.4. The Hall–Kier alpha value is -1.00. The van der Waals surface area contributed by atoms with E-state index in [1.807, 2.05) is 0 Å². The number of nitrogens with two attached hydrogens (primary N) is 1. The standard InChI is InChI=1S/C15H21F2NO/c16-11-5-6-12(13(17)9-11)14(19)15(10-18)7-3-1-2-4-8-15/h5-6,9,14,19H,1-4,7-8,10,18H2. The number of halogens is 2. The zero-order valence-electron chi connectivity index (χ0n) is 11.0. The molecule has 0 amide bonds. The van der Waals surface area contributed by atoms with Gasteiger partial charge in [-0.25, -0.2) is 8.78 Å². The molecule has 2 nitrogen and oxygen atoms in total. The van der Waals surface area contributed by atoms with Crippen LogP contribution < -0.4 is 5.73 Å². The molecule has 1 saturated carbocycles. The molecule has 0 spiro atoms. The monoisotopic (exact) mass is 269 g/mol. The highest BCUT2D eigenvalue weighted by Gasteiger charge is 2.38. The summed E-state index contributed by atoms with van der Waals surface area (Å²) in [5, 5.41) is 10.6. The van der Waals surface area contributed by atoms with Gasteiger partial charge in [-0.2, -0.15) is 0 Å². The average Bonchev–Trinajstić information content (AvgIpc) is 2.64. The van der Waals surface area contributed by atoms with Gasteiger partial charge < -0.3 is 10.8 Å². The van der Waals surface area contributed by atoms with Crippen LogP contribution in [0.2, 0.25) is 0 Å². The zero-order chi connectivity index (χ0) is 13.9. The van der Waals surface area contributed by atoms with E-state index >= 15 is 0 Å². The molecule has 1 aromatic carbocycles. The lowest BCUT2D eigenvalue weighted by Crippen LogP contribution is -2.36. The summed E-state index contributed by atoms with van der Waals surface area (Å²) in [5.74, 6) is -1.32. The smallest absolute Gasteiger partial charge is 0.131 e. The lowest BCUT2D eigenvalue weighted by atomic mass is 9.73. The maximum Gasteiger partial charge on any atom is 0.131 e. The molecule has 4 heteroatoms. The first-order valence-corrected chi connectivity index (χ1v) is 6.92. The molecule has 3 N–H and O–H groups in total. The van der Waals surface area contributed by atoms with Crippen LogP contribution >= 0.6 is 0 Å². The molecule has 0 radical (unpaired) electrons. The van der Waals surface area contributed by atoms with Crippen LogP contribution in [-0.4, -0.2) is 11.7 Å². The quantitative estimate of drug-likeness (QED) is 0.827. The first-order chi connectivity index (χ1) is 9.09. The highest BCUT2D eigenvalue weighted by Crippen LogP contribution is 2.44. The fraction of sp³-hybridized carbons (Fsp3) is 0.600. The van der Waals surface area contributed by atoms with Crippen LogP contribution in [0.25, 0.3) is 0 Å². The van der Waals surface area contributed by atoms with Gasteiger partial charge >= 0.3 is 0 Å². The number of benzene rings is 1. The molecule has 0 bridgehead atoms. The maximum atomic E-state index is 13.8. The van der Waals surface area contributed by atoms with Gasteiger partial charge in [0.05, 0.1) is 6.10 Å². The van der Waals surface area contributed by atoms with Crippen LogP contribution in [0.5, 0.6) is 0 Å². The van der Waals surface area contributed by atoms with Gasteiger partial charge in [0.15, 0.2) is 0 Å². The Morgan fingerprint density at radius 2 is 1.79 bits per heavy atom. The second kappa shape index (κ2) is 5.97. The Morgan fingerprint density at radius 3 is 2.32 bits per heavy atom. The van der Waals surface area contributed by atoms with Crippen molar-refractivity contribution in [1.82, 2.24) is 0 Å². The topological polar surface area (TPSA) is 46.2 Å². The van der Waals surface area contributed by atoms with E-state index in [0.717, 1.165) is 44.6 Å². The predicted octanol–water partition coefficient (Wildman–Crippen LogP) is 3.30. The Kier molecular flexibility index (Phi) is 4.53. The Labute approximate surface area is 112 Å². The van der Waals surface area contributed by atoms with Crippen molar-refractivity contribution in [1.29, 1.82) is 0 Å². The van der Waals surface area contributed by atoms with E-state index in [2.05, 4.69) is 0 Å². The maximum absolute atomic E-state index is 13.8. The summed E-state index contributed by atoms with van der Waals surface area (Å²) in [6.07, 6.45) is 4.87. The fourth-order valence-electron chi connectivity index (χ4n) is 3.07. The summed E-state index contributed by atoms with van der Waals surface area (Å²) in [4.78, 5) is 0. The molecule has 0 saturated heterocycles. The average molecular weight is 269 g/mol. The molecular weight excluding hydrogens is 248 g/mol. The summed E-state index contributed by atoms with van der Waals surface area (Å²) in [6, 6.07) is 3.33. The molecule has 2 rings (SSSR count). The zero-order valence-corrected chi connectivity index (χ0v) is 11.0. The predicted molar refractivity (Wildman–Crippen MR) is 70.5 cm³/mol. The van der Waals surface area contributed by atoms with Crippen molar-refractivity contribution in [2.45, 2.75) is 44.6 Å². The molecule has 0 aromatic heterocycles. The normalized spacial score (nSPS) is 20.8. The summed E-state index contributed by atoms with van der Waals surface area (Å²) in [5.41, 5.74) is 5.55. The third-order valence-corrected chi connectivity index (χ3v) is 4.34. The number of aliphatic hydroxyl groups is 1. The fourth-order valence-corrected chi connectivity index (χ4v) is 3.07. The van der Waals surface area contributed by atoms with Crippen molar-refractivity contribution in [3.63, 3.8) is 0 Å². The number of aliphatic hydroxyl groups excluding tert-OH is 1. The largest absolute Gasteiger partial charge is 0.388 e. The van der Waals surface area contributed by atoms with Gasteiger partial charge in [-0.15, -0.1) is 0 Å². The van der Waals surface area contributed by atoms with Crippen LogP contribution in [-0.2, 0) is 0 Å². The number of hydrogen-bond donors (Lipinski definition) is 2. The SMILES string of the molecule is NCC1(C(O)c2ccc(F)cc2F)CCCCCC1. The van der Waals surface area contributed by atoms with Gasteiger partial charge in [0.25, 0.3) is 0 Å². The van der Waals surface area contributed by atoms with Gasteiger partial charge in [0.1, 0.15) is 11.6 Å². The molecular formula is C15H21F2NO. The Balaban J connectivity index is 2.31. The van der Waals surface area contributed by atoms with E-state index < -0.39 is 23.2 Å². The molecule has 0 aliphatic heterocycles. The third-order valence-electron chi connectivity index (χ3n) is 4.34. The van der Waals surface area contributed by atoms with Crippen LogP contribution in [0.4, 0.5) is 8.78 Å². The van der Waals surface area contributed by atoms with E-state index in [4.69, 9.17) is 5.73 Å². The Bertz CT molecular complexity index is 428. The number of rotatable bonds is 3. The van der Waals surface area contributed by atoms with Crippen LogP contribution in [0.3, 0.4) is 0 Å². The molecule has 1 aromatic rings. The minimum Gasteiger partial charge on any atom is -0.388 e. The lowest BCUT2D eigenvalue weighted by molar-refractivity contribution is 0.0141. The summed E-state index contributed by atoms with van der Waals surface area (Å²) < 4.78 is 26.8. The van der Waals surface area contributed by atoms with E-state index in [-0.39, 0.29) is 5.56 Å². The third kappa shape index (κ3) is 2.95. The first-order valence-electron chi connectivity index (χ1n) is 6.92. The summed E-state index contributed by atoms with van der Waals surface area (Å²) in [6.45, 7) is 0.324. The van der Waals surface area contributed by atoms with Gasteiger partial charge in [-0.05, 0) is 18.9 Å². The highest BCUT2D eigenvalue weighted by molar-refractivity contribution is 5.23. The van der Waals surface area contributed by atoms with Gasteiger partial charge in [-0.1, -0.05) is 31.7 Å². The minimum atomic E-state index is -0.962.